The Labute approximate surface area is 157 Å². The number of fused-ring (bicyclic) bond motifs is 1. The van der Waals surface area contributed by atoms with Crippen LogP contribution in [0.3, 0.4) is 0 Å². The number of imidazole rings is 1. The quantitative estimate of drug-likeness (QED) is 0.601. The molecular formula is C20H19Cl2N3. The first kappa shape index (κ1) is 16.5. The van der Waals surface area contributed by atoms with Crippen LogP contribution in [0.4, 0.5) is 5.82 Å². The van der Waals surface area contributed by atoms with Crippen molar-refractivity contribution in [2.75, 3.05) is 5.32 Å². The van der Waals surface area contributed by atoms with Crippen LogP contribution in [0.15, 0.2) is 48.7 Å². The molecule has 25 heavy (non-hydrogen) atoms. The smallest absolute Gasteiger partial charge is 0.140 e. The third kappa shape index (κ3) is 3.53. The molecule has 1 fully saturated rings. The minimum Gasteiger partial charge on any atom is -0.367 e. The summed E-state index contributed by atoms with van der Waals surface area (Å²) in [5, 5.41) is 4.94. The second-order valence-corrected chi connectivity index (χ2v) is 7.26. The van der Waals surface area contributed by atoms with Crippen LogP contribution in [-0.4, -0.2) is 15.4 Å². The first-order valence-electron chi connectivity index (χ1n) is 8.57. The van der Waals surface area contributed by atoms with E-state index in [0.717, 1.165) is 22.7 Å². The third-order valence-corrected chi connectivity index (χ3v) is 5.11. The number of hydrogen-bond donors (Lipinski definition) is 1. The predicted octanol–water partition coefficient (Wildman–Crippen LogP) is 6.08. The summed E-state index contributed by atoms with van der Waals surface area (Å²) in [7, 11) is 0. The van der Waals surface area contributed by atoms with Crippen LogP contribution in [0.2, 0.25) is 5.02 Å². The number of nitrogens with one attached hydrogen (secondary N) is 1. The van der Waals surface area contributed by atoms with E-state index in [4.69, 9.17) is 28.2 Å². The standard InChI is InChI=1S/C20H19Cl2N3/c21-15-10-11-18-24-19(17(22)12-14-6-2-1-3-7-14)20(25(18)13-15)23-16-8-4-5-9-16/h1-3,6-7,10-13,16,23H,4-5,8-9H2. The highest BCUT2D eigenvalue weighted by Gasteiger charge is 2.21. The second-order valence-electron chi connectivity index (χ2n) is 6.41. The van der Waals surface area contributed by atoms with Crippen molar-refractivity contribution in [3.05, 3.63) is 64.9 Å². The summed E-state index contributed by atoms with van der Waals surface area (Å²) in [5.74, 6) is 0.918. The maximum Gasteiger partial charge on any atom is 0.140 e. The summed E-state index contributed by atoms with van der Waals surface area (Å²) in [6, 6.07) is 14.3. The minimum absolute atomic E-state index is 0.457. The molecule has 128 valence electrons. The maximum absolute atomic E-state index is 6.65. The lowest BCUT2D eigenvalue weighted by molar-refractivity contribution is 0.748. The largest absolute Gasteiger partial charge is 0.367 e. The predicted molar refractivity (Wildman–Crippen MR) is 106 cm³/mol. The van der Waals surface area contributed by atoms with Crippen LogP contribution in [0.25, 0.3) is 16.8 Å². The second kappa shape index (κ2) is 7.11. The van der Waals surface area contributed by atoms with Gasteiger partial charge in [-0.15, -0.1) is 0 Å². The average molecular weight is 372 g/mol. The molecule has 0 amide bonds. The van der Waals surface area contributed by atoms with Gasteiger partial charge in [0.15, 0.2) is 0 Å². The Balaban J connectivity index is 1.80. The molecule has 0 bridgehead atoms. The van der Waals surface area contributed by atoms with E-state index in [1.807, 2.05) is 59.1 Å². The van der Waals surface area contributed by atoms with E-state index < -0.39 is 0 Å². The first-order chi connectivity index (χ1) is 12.2. The zero-order valence-electron chi connectivity index (χ0n) is 13.8. The number of halogens is 2. The molecule has 1 N–H and O–H groups in total. The topological polar surface area (TPSA) is 29.3 Å². The molecule has 0 aliphatic heterocycles. The van der Waals surface area contributed by atoms with Crippen molar-refractivity contribution in [2.45, 2.75) is 31.7 Å². The van der Waals surface area contributed by atoms with Crippen molar-refractivity contribution in [2.24, 2.45) is 0 Å². The van der Waals surface area contributed by atoms with Gasteiger partial charge < -0.3 is 5.32 Å². The highest BCUT2D eigenvalue weighted by atomic mass is 35.5. The number of nitrogens with zero attached hydrogens (tertiary/aromatic N) is 2. The fourth-order valence-electron chi connectivity index (χ4n) is 3.35. The summed E-state index contributed by atoms with van der Waals surface area (Å²) in [5.41, 5.74) is 2.65. The van der Waals surface area contributed by atoms with E-state index in [1.165, 1.54) is 25.7 Å². The number of hydrogen-bond acceptors (Lipinski definition) is 2. The monoisotopic (exact) mass is 371 g/mol. The van der Waals surface area contributed by atoms with Gasteiger partial charge in [-0.1, -0.05) is 66.4 Å². The number of benzene rings is 1. The zero-order valence-corrected chi connectivity index (χ0v) is 15.3. The third-order valence-electron chi connectivity index (χ3n) is 4.60. The highest BCUT2D eigenvalue weighted by Crippen LogP contribution is 2.32. The molecule has 1 aliphatic rings. The van der Waals surface area contributed by atoms with E-state index in [9.17, 15) is 0 Å². The first-order valence-corrected chi connectivity index (χ1v) is 9.33. The molecule has 1 aliphatic carbocycles. The molecule has 4 rings (SSSR count). The molecule has 3 nitrogen and oxygen atoms in total. The number of anilines is 1. The number of aromatic nitrogens is 2. The van der Waals surface area contributed by atoms with Gasteiger partial charge in [-0.25, -0.2) is 4.98 Å². The van der Waals surface area contributed by atoms with Crippen molar-refractivity contribution < 1.29 is 0 Å². The van der Waals surface area contributed by atoms with Crippen LogP contribution in [0.1, 0.15) is 36.9 Å². The Bertz CT molecular complexity index is 909. The van der Waals surface area contributed by atoms with Gasteiger partial charge in [0.05, 0.1) is 10.1 Å². The molecule has 3 aromatic rings. The van der Waals surface area contributed by atoms with Gasteiger partial charge in [0, 0.05) is 12.2 Å². The molecule has 5 heteroatoms. The van der Waals surface area contributed by atoms with Gasteiger partial charge in [0.25, 0.3) is 0 Å². The number of rotatable bonds is 4. The fourth-order valence-corrected chi connectivity index (χ4v) is 3.77. The average Bonchev–Trinajstić information content (AvgIpc) is 3.24. The molecule has 1 saturated carbocycles. The van der Waals surface area contributed by atoms with Gasteiger partial charge in [-0.3, -0.25) is 4.40 Å². The Morgan fingerprint density at radius 2 is 1.88 bits per heavy atom. The van der Waals surface area contributed by atoms with Crippen LogP contribution in [0, 0.1) is 0 Å². The molecule has 0 spiro atoms. The normalized spacial score (nSPS) is 15.8. The molecule has 2 aromatic heterocycles. The number of pyridine rings is 1. The summed E-state index contributed by atoms with van der Waals surface area (Å²) >= 11 is 12.9. The lowest BCUT2D eigenvalue weighted by Crippen LogP contribution is -2.16. The van der Waals surface area contributed by atoms with Gasteiger partial charge >= 0.3 is 0 Å². The molecule has 1 aromatic carbocycles. The summed E-state index contributed by atoms with van der Waals surface area (Å²) in [6.45, 7) is 0. The van der Waals surface area contributed by atoms with E-state index in [-0.39, 0.29) is 0 Å². The summed E-state index contributed by atoms with van der Waals surface area (Å²) < 4.78 is 2.00. The van der Waals surface area contributed by atoms with Crippen molar-refractivity contribution in [3.63, 3.8) is 0 Å². The van der Waals surface area contributed by atoms with Gasteiger partial charge in [-0.05, 0) is 36.6 Å². The lowest BCUT2D eigenvalue weighted by atomic mass is 10.2. The Morgan fingerprint density at radius 1 is 1.12 bits per heavy atom. The van der Waals surface area contributed by atoms with E-state index in [1.54, 1.807) is 0 Å². The van der Waals surface area contributed by atoms with Crippen molar-refractivity contribution in [3.8, 4) is 0 Å². The van der Waals surface area contributed by atoms with Gasteiger partial charge in [0.1, 0.15) is 17.2 Å². The fraction of sp³-hybridized carbons (Fsp3) is 0.250. The highest BCUT2D eigenvalue weighted by molar-refractivity contribution is 6.51. The SMILES string of the molecule is ClC(=Cc1ccccc1)c1nc2ccc(Cl)cn2c1NC1CCCC1. The Hall–Kier alpha value is -1.97. The van der Waals surface area contributed by atoms with Crippen LogP contribution < -0.4 is 5.32 Å². The molecule has 0 radical (unpaired) electrons. The van der Waals surface area contributed by atoms with Crippen molar-refractivity contribution >= 4 is 45.8 Å². The van der Waals surface area contributed by atoms with Gasteiger partial charge in [-0.2, -0.15) is 0 Å². The van der Waals surface area contributed by atoms with Crippen molar-refractivity contribution in [1.29, 1.82) is 0 Å². The van der Waals surface area contributed by atoms with Crippen molar-refractivity contribution in [1.82, 2.24) is 9.38 Å². The Morgan fingerprint density at radius 3 is 2.64 bits per heavy atom. The van der Waals surface area contributed by atoms with Crippen LogP contribution >= 0.6 is 23.2 Å². The summed E-state index contributed by atoms with van der Waals surface area (Å²) in [4.78, 5) is 4.73. The van der Waals surface area contributed by atoms with Gasteiger partial charge in [0.2, 0.25) is 0 Å². The Kier molecular flexibility index (Phi) is 4.69. The van der Waals surface area contributed by atoms with Crippen LogP contribution in [0.5, 0.6) is 0 Å². The van der Waals surface area contributed by atoms with E-state index in [2.05, 4.69) is 5.32 Å². The molecule has 2 heterocycles. The molecule has 0 saturated heterocycles. The zero-order chi connectivity index (χ0) is 17.2. The van der Waals surface area contributed by atoms with E-state index >= 15 is 0 Å². The molecule has 0 unspecified atom stereocenters. The molecule has 0 atom stereocenters. The maximum atomic E-state index is 6.65. The lowest BCUT2D eigenvalue weighted by Gasteiger charge is -2.14. The van der Waals surface area contributed by atoms with E-state index in [0.29, 0.717) is 16.1 Å². The molecular weight excluding hydrogens is 353 g/mol. The summed E-state index contributed by atoms with van der Waals surface area (Å²) in [6.07, 6.45) is 8.71. The van der Waals surface area contributed by atoms with Crippen LogP contribution in [-0.2, 0) is 0 Å². The minimum atomic E-state index is 0.457.